The van der Waals surface area contributed by atoms with Crippen LogP contribution in [0.25, 0.3) is 0 Å². The Labute approximate surface area is 302 Å². The molecular formula is C35H42ClF6N3O5S. The van der Waals surface area contributed by atoms with E-state index in [9.17, 15) is 40.7 Å². The van der Waals surface area contributed by atoms with Crippen molar-refractivity contribution >= 4 is 41.5 Å². The number of carbonyl (C=O) groups excluding carboxylic acids is 2. The van der Waals surface area contributed by atoms with Gasteiger partial charge in [-0.15, -0.1) is 11.3 Å². The average Bonchev–Trinajstić information content (AvgIpc) is 3.53. The van der Waals surface area contributed by atoms with Crippen LogP contribution in [-0.4, -0.2) is 76.8 Å². The van der Waals surface area contributed by atoms with Gasteiger partial charge in [-0.3, -0.25) is 19.5 Å². The average molecular weight is 766 g/mol. The van der Waals surface area contributed by atoms with Crippen LogP contribution in [0.15, 0.2) is 48.0 Å². The Morgan fingerprint density at radius 2 is 1.75 bits per heavy atom. The molecular weight excluding hydrogens is 724 g/mol. The van der Waals surface area contributed by atoms with E-state index in [1.165, 1.54) is 30.4 Å². The predicted molar refractivity (Wildman–Crippen MR) is 183 cm³/mol. The first-order valence-corrected chi connectivity index (χ1v) is 17.4. The number of carboxylic acid groups (broad SMARTS) is 1. The standard InChI is InChI=1S/C13H16ClNO2.C10H19NO.C7H4F3NO.C5H3F3OS/c1-15-7-6-9-8-10(14)2-3-11(9)12(15)4-5-13(16)17;1-3-5-10-9(8-12)6-4-7-11(10)2;8-7(9,10)5-2-1-3-11-6(5)4-12;6-5(7,8)4-1-3(9)2-10-4/h2-3,8,12H,4-7H2,1H3,(H,16,17);8-10H,3-7H2,1-2H3;1-4H;1-2,9H. The third-order valence-electron chi connectivity index (χ3n) is 8.35. The molecule has 5 rings (SSSR count). The van der Waals surface area contributed by atoms with Crippen LogP contribution in [0.1, 0.15) is 83.5 Å². The predicted octanol–water partition coefficient (Wildman–Crippen LogP) is 8.82. The van der Waals surface area contributed by atoms with E-state index >= 15 is 0 Å². The number of rotatable bonds is 7. The molecule has 3 aromatic rings. The van der Waals surface area contributed by atoms with E-state index in [4.69, 9.17) is 21.8 Å². The minimum absolute atomic E-state index is 0.0861. The number of aldehydes is 2. The van der Waals surface area contributed by atoms with Gasteiger partial charge in [0, 0.05) is 53.6 Å². The van der Waals surface area contributed by atoms with Gasteiger partial charge in [-0.2, -0.15) is 26.3 Å². The van der Waals surface area contributed by atoms with Gasteiger partial charge >= 0.3 is 18.3 Å². The fourth-order valence-corrected chi connectivity index (χ4v) is 6.65. The SMILES string of the molecule is CCCC1C(C=O)CCCN1C.CN1CCc2cc(Cl)ccc2C1CCC(=O)O.O=Cc1ncccc1C(F)(F)F.Oc1csc(C(F)(F)F)c1. The van der Waals surface area contributed by atoms with Crippen LogP contribution in [0.4, 0.5) is 26.3 Å². The summed E-state index contributed by atoms with van der Waals surface area (Å²) in [6, 6.07) is 9.27. The molecule has 0 radical (unpaired) electrons. The fraction of sp³-hybridized carbons (Fsp3) is 0.486. The number of aliphatic carboxylic acids is 1. The van der Waals surface area contributed by atoms with Crippen LogP contribution < -0.4 is 0 Å². The van der Waals surface area contributed by atoms with E-state index in [1.807, 2.05) is 25.2 Å². The Balaban J connectivity index is 0.000000241. The lowest BCUT2D eigenvalue weighted by molar-refractivity contribution is -0.138. The molecule has 2 aliphatic heterocycles. The lowest BCUT2D eigenvalue weighted by Gasteiger charge is -2.36. The largest absolute Gasteiger partial charge is 0.507 e. The molecule has 3 atom stereocenters. The smallest absolute Gasteiger partial charge is 0.425 e. The molecule has 1 fully saturated rings. The number of fused-ring (bicyclic) bond motifs is 1. The zero-order valence-electron chi connectivity index (χ0n) is 28.4. The number of benzene rings is 1. The summed E-state index contributed by atoms with van der Waals surface area (Å²) >= 11 is 6.46. The summed E-state index contributed by atoms with van der Waals surface area (Å²) in [7, 11) is 4.18. The zero-order chi connectivity index (χ0) is 38.4. The third-order valence-corrected chi connectivity index (χ3v) is 9.55. The van der Waals surface area contributed by atoms with Gasteiger partial charge in [0.1, 0.15) is 22.6 Å². The van der Waals surface area contributed by atoms with E-state index < -0.39 is 34.5 Å². The molecule has 16 heteroatoms. The third kappa shape index (κ3) is 14.2. The molecule has 2 aliphatic rings. The van der Waals surface area contributed by atoms with Crippen molar-refractivity contribution in [3.8, 4) is 5.75 Å². The van der Waals surface area contributed by atoms with Gasteiger partial charge in [-0.1, -0.05) is 31.0 Å². The van der Waals surface area contributed by atoms with Gasteiger partial charge < -0.3 is 19.9 Å². The second-order valence-electron chi connectivity index (χ2n) is 12.0. The van der Waals surface area contributed by atoms with Crippen LogP contribution in [-0.2, 0) is 28.4 Å². The number of alkyl halides is 6. The lowest BCUT2D eigenvalue weighted by atomic mass is 9.88. The Kier molecular flexibility index (Phi) is 17.5. The van der Waals surface area contributed by atoms with Crippen LogP contribution in [0.2, 0.25) is 5.02 Å². The van der Waals surface area contributed by atoms with Crippen LogP contribution in [0.5, 0.6) is 5.75 Å². The van der Waals surface area contributed by atoms with E-state index in [0.29, 0.717) is 35.8 Å². The van der Waals surface area contributed by atoms with Gasteiger partial charge in [-0.05, 0) is 88.1 Å². The summed E-state index contributed by atoms with van der Waals surface area (Å²) in [4.78, 5) is 38.6. The van der Waals surface area contributed by atoms with E-state index in [2.05, 4.69) is 28.8 Å². The van der Waals surface area contributed by atoms with Gasteiger partial charge in [0.25, 0.3) is 0 Å². The molecule has 3 unspecified atom stereocenters. The zero-order valence-corrected chi connectivity index (χ0v) is 30.0. The number of hydrogen-bond donors (Lipinski definition) is 2. The highest BCUT2D eigenvalue weighted by Crippen LogP contribution is 2.36. The van der Waals surface area contributed by atoms with Gasteiger partial charge in [0.05, 0.1) is 5.56 Å². The van der Waals surface area contributed by atoms with Gasteiger partial charge in [-0.25, -0.2) is 0 Å². The van der Waals surface area contributed by atoms with E-state index in [0.717, 1.165) is 60.9 Å². The maximum Gasteiger partial charge on any atom is 0.425 e. The number of likely N-dealkylation sites (N-methyl/N-ethyl adjacent to an activating group) is 1. The highest BCUT2D eigenvalue weighted by atomic mass is 35.5. The number of aromatic hydroxyl groups is 1. The molecule has 0 saturated carbocycles. The molecule has 0 spiro atoms. The summed E-state index contributed by atoms with van der Waals surface area (Å²) < 4.78 is 71.2. The maximum atomic E-state index is 12.0. The summed E-state index contributed by atoms with van der Waals surface area (Å²) in [6.07, 6.45) is -0.000677. The molecule has 1 saturated heterocycles. The number of carboxylic acids is 1. The number of likely N-dealkylation sites (tertiary alicyclic amines) is 1. The Morgan fingerprint density at radius 3 is 2.25 bits per heavy atom. The molecule has 1 aromatic carbocycles. The summed E-state index contributed by atoms with van der Waals surface area (Å²) in [5.74, 6) is -0.777. The number of piperidine rings is 1. The summed E-state index contributed by atoms with van der Waals surface area (Å²) in [5.41, 5.74) is 0.903. The normalized spacial score (nSPS) is 19.1. The monoisotopic (exact) mass is 765 g/mol. The van der Waals surface area contributed by atoms with Crippen molar-refractivity contribution in [1.82, 2.24) is 14.8 Å². The van der Waals surface area contributed by atoms with Gasteiger partial charge in [0.15, 0.2) is 6.29 Å². The first kappa shape index (κ1) is 43.6. The van der Waals surface area contributed by atoms with E-state index in [1.54, 1.807) is 0 Å². The number of aromatic nitrogens is 1. The van der Waals surface area contributed by atoms with Crippen molar-refractivity contribution in [2.75, 3.05) is 27.2 Å². The molecule has 0 bridgehead atoms. The number of carbonyl (C=O) groups is 3. The van der Waals surface area contributed by atoms with Gasteiger partial charge in [0.2, 0.25) is 0 Å². The molecule has 2 aromatic heterocycles. The summed E-state index contributed by atoms with van der Waals surface area (Å²) in [6.45, 7) is 4.30. The molecule has 51 heavy (non-hydrogen) atoms. The van der Waals surface area contributed by atoms with Crippen molar-refractivity contribution < 1.29 is 50.9 Å². The first-order chi connectivity index (χ1) is 23.9. The molecule has 8 nitrogen and oxygen atoms in total. The van der Waals surface area contributed by atoms with Crippen LogP contribution >= 0.6 is 22.9 Å². The molecule has 4 heterocycles. The van der Waals surface area contributed by atoms with Crippen molar-refractivity contribution in [2.45, 2.75) is 76.3 Å². The minimum atomic E-state index is -4.51. The Morgan fingerprint density at radius 1 is 1.04 bits per heavy atom. The number of hydrogen-bond acceptors (Lipinski definition) is 8. The fourth-order valence-electron chi connectivity index (χ4n) is 5.82. The maximum absolute atomic E-state index is 12.0. The number of pyridine rings is 1. The topological polar surface area (TPSA) is 111 Å². The second-order valence-corrected chi connectivity index (χ2v) is 13.4. The number of thiophene rings is 1. The van der Waals surface area contributed by atoms with Crippen molar-refractivity contribution in [3.05, 3.63) is 80.3 Å². The molecule has 282 valence electrons. The minimum Gasteiger partial charge on any atom is -0.507 e. The first-order valence-electron chi connectivity index (χ1n) is 16.1. The number of halogens is 7. The Bertz CT molecular complexity index is 1550. The van der Waals surface area contributed by atoms with Crippen LogP contribution in [0, 0.1) is 5.92 Å². The molecule has 2 N–H and O–H groups in total. The van der Waals surface area contributed by atoms with Crippen molar-refractivity contribution in [1.29, 1.82) is 0 Å². The second kappa shape index (κ2) is 20.5. The molecule has 0 aliphatic carbocycles. The van der Waals surface area contributed by atoms with E-state index in [-0.39, 0.29) is 24.5 Å². The van der Waals surface area contributed by atoms with Crippen molar-refractivity contribution in [2.24, 2.45) is 5.92 Å². The molecule has 0 amide bonds. The summed E-state index contributed by atoms with van der Waals surface area (Å²) in [5, 5.41) is 19.1. The quantitative estimate of drug-likeness (QED) is 0.182. The van der Waals surface area contributed by atoms with Crippen LogP contribution in [0.3, 0.4) is 0 Å². The number of nitrogens with zero attached hydrogens (tertiary/aromatic N) is 3. The van der Waals surface area contributed by atoms with Crippen molar-refractivity contribution in [3.63, 3.8) is 0 Å². The highest BCUT2D eigenvalue weighted by Gasteiger charge is 2.34. The lowest BCUT2D eigenvalue weighted by Crippen LogP contribution is -2.43. The Hall–Kier alpha value is -3.53. The highest BCUT2D eigenvalue weighted by molar-refractivity contribution is 7.10.